The smallest absolute Gasteiger partial charge is 0.187 e. The highest BCUT2D eigenvalue weighted by atomic mass is 16.8. The van der Waals surface area contributed by atoms with Crippen molar-refractivity contribution in [1.29, 1.82) is 0 Å². The third kappa shape index (κ3) is 9.36. The second-order valence-electron chi connectivity index (χ2n) is 23.9. The van der Waals surface area contributed by atoms with Crippen molar-refractivity contribution in [1.82, 2.24) is 0 Å². The second kappa shape index (κ2) is 21.1. The maximum atomic E-state index is 11.5. The monoisotopic (exact) mass is 1030 g/mol. The molecule has 72 heavy (non-hydrogen) atoms. The Labute approximate surface area is 419 Å². The highest BCUT2D eigenvalue weighted by Crippen LogP contribution is 2.71. The van der Waals surface area contributed by atoms with Crippen LogP contribution in [-0.4, -0.2) is 229 Å². The van der Waals surface area contributed by atoms with Crippen molar-refractivity contribution in [3.05, 3.63) is 0 Å². The summed E-state index contributed by atoms with van der Waals surface area (Å²) in [7, 11) is 0. The second-order valence-corrected chi connectivity index (χ2v) is 23.9. The minimum absolute atomic E-state index is 0.0916. The van der Waals surface area contributed by atoms with Crippen molar-refractivity contribution in [2.75, 3.05) is 33.0 Å². The molecule has 6 aliphatic heterocycles. The summed E-state index contributed by atoms with van der Waals surface area (Å²) in [6, 6.07) is 0. The fourth-order valence-electron chi connectivity index (χ4n) is 15.8. The molecular formula is C50H82O22. The van der Waals surface area contributed by atoms with E-state index in [0.29, 0.717) is 47.8 Å². The fourth-order valence-corrected chi connectivity index (χ4v) is 15.8. The molecule has 1 spiro atoms. The number of fused-ring (bicyclic) bond motifs is 7. The molecule has 4 saturated carbocycles. The Kier molecular flexibility index (Phi) is 15.9. The zero-order valence-corrected chi connectivity index (χ0v) is 41.7. The standard InChI is InChI=1S/C50H82O22/c1-20-7-12-50(65-17-20)21(2)32-28(72-50)14-26-24-6-5-22-13-23(8-10-48(22,3)25(24)9-11-49(26,32)4)66-45-40(61)38(59)35(56)31(69-45)19-64-47-43(71-46-41(62)37(58)34(55)29(15-51)67-46)42(36(57)30(16-52)68-47)70-44-39(60)33(54)27(53)18-63-44/h20-47,51-62H,5-19H2,1-4H3. The summed E-state index contributed by atoms with van der Waals surface area (Å²) >= 11 is 0. The molecule has 0 radical (unpaired) electrons. The van der Waals surface area contributed by atoms with Crippen LogP contribution in [0.4, 0.5) is 0 Å². The van der Waals surface area contributed by atoms with Gasteiger partial charge in [0.25, 0.3) is 0 Å². The van der Waals surface area contributed by atoms with Crippen LogP contribution in [0.3, 0.4) is 0 Å². The van der Waals surface area contributed by atoms with Crippen LogP contribution in [0.2, 0.25) is 0 Å². The van der Waals surface area contributed by atoms with E-state index in [0.717, 1.165) is 51.6 Å². The Morgan fingerprint density at radius 2 is 1.17 bits per heavy atom. The van der Waals surface area contributed by atoms with E-state index in [1.165, 1.54) is 12.8 Å². The van der Waals surface area contributed by atoms with Gasteiger partial charge in [0.1, 0.15) is 91.6 Å². The minimum Gasteiger partial charge on any atom is -0.394 e. The highest BCUT2D eigenvalue weighted by molar-refractivity contribution is 5.15. The molecule has 10 rings (SSSR count). The largest absolute Gasteiger partial charge is 0.394 e. The lowest BCUT2D eigenvalue weighted by atomic mass is 9.44. The molecule has 10 fully saturated rings. The Hall–Kier alpha value is -0.880. The number of rotatable bonds is 11. The van der Waals surface area contributed by atoms with Crippen LogP contribution < -0.4 is 0 Å². The van der Waals surface area contributed by atoms with E-state index < -0.39 is 149 Å². The zero-order valence-electron chi connectivity index (χ0n) is 41.7. The molecule has 31 atom stereocenters. The van der Waals surface area contributed by atoms with E-state index in [4.69, 9.17) is 47.4 Å². The summed E-state index contributed by atoms with van der Waals surface area (Å²) in [5.41, 5.74) is 0.293. The lowest BCUT2D eigenvalue weighted by molar-refractivity contribution is -0.391. The average Bonchev–Trinajstić information content (AvgIpc) is 3.81. The van der Waals surface area contributed by atoms with Crippen LogP contribution in [0.25, 0.3) is 0 Å². The van der Waals surface area contributed by atoms with E-state index >= 15 is 0 Å². The molecule has 31 unspecified atom stereocenters. The van der Waals surface area contributed by atoms with Crippen LogP contribution >= 0.6 is 0 Å². The molecule has 414 valence electrons. The van der Waals surface area contributed by atoms with Gasteiger partial charge in [0.05, 0.1) is 45.2 Å². The van der Waals surface area contributed by atoms with Gasteiger partial charge in [-0.05, 0) is 104 Å². The van der Waals surface area contributed by atoms with Gasteiger partial charge in [-0.3, -0.25) is 0 Å². The molecule has 0 aromatic heterocycles. The molecule has 0 amide bonds. The first kappa shape index (κ1) is 54.5. The number of hydrogen-bond acceptors (Lipinski definition) is 22. The molecule has 10 aliphatic rings. The third-order valence-electron chi connectivity index (χ3n) is 20.0. The van der Waals surface area contributed by atoms with E-state index in [2.05, 4.69) is 27.7 Å². The van der Waals surface area contributed by atoms with Crippen molar-refractivity contribution in [3.63, 3.8) is 0 Å². The maximum Gasteiger partial charge on any atom is 0.187 e. The molecule has 22 nitrogen and oxygen atoms in total. The van der Waals surface area contributed by atoms with Gasteiger partial charge in [0.15, 0.2) is 30.9 Å². The first-order chi connectivity index (χ1) is 34.2. The van der Waals surface area contributed by atoms with Crippen LogP contribution in [0, 0.1) is 52.3 Å². The summed E-state index contributed by atoms with van der Waals surface area (Å²) in [5, 5.41) is 129. The Bertz CT molecular complexity index is 1830. The number of ether oxygens (including phenoxy) is 10. The molecule has 0 aromatic carbocycles. The Morgan fingerprint density at radius 3 is 1.86 bits per heavy atom. The summed E-state index contributed by atoms with van der Waals surface area (Å²) in [6.07, 6.45) is -22.2. The number of aliphatic hydroxyl groups is 12. The van der Waals surface area contributed by atoms with Crippen molar-refractivity contribution in [3.8, 4) is 0 Å². The average molecular weight is 1040 g/mol. The molecule has 0 aromatic rings. The summed E-state index contributed by atoms with van der Waals surface area (Å²) in [5.74, 6) is 3.06. The topological polar surface area (TPSA) is 335 Å². The van der Waals surface area contributed by atoms with E-state index in [1.54, 1.807) is 0 Å². The predicted molar refractivity (Wildman–Crippen MR) is 242 cm³/mol. The molecule has 22 heteroatoms. The predicted octanol–water partition coefficient (Wildman–Crippen LogP) is -2.27. The van der Waals surface area contributed by atoms with Crippen molar-refractivity contribution < 1.29 is 109 Å². The lowest BCUT2D eigenvalue weighted by Gasteiger charge is -2.61. The van der Waals surface area contributed by atoms with Crippen molar-refractivity contribution >= 4 is 0 Å². The van der Waals surface area contributed by atoms with Gasteiger partial charge in [0.2, 0.25) is 0 Å². The van der Waals surface area contributed by atoms with E-state index in [1.807, 2.05) is 0 Å². The maximum absolute atomic E-state index is 11.5. The van der Waals surface area contributed by atoms with Gasteiger partial charge in [0, 0.05) is 12.3 Å². The van der Waals surface area contributed by atoms with E-state index in [9.17, 15) is 61.3 Å². The molecule has 4 aliphatic carbocycles. The Morgan fingerprint density at radius 1 is 0.542 bits per heavy atom. The van der Waals surface area contributed by atoms with Crippen LogP contribution in [0.5, 0.6) is 0 Å². The highest BCUT2D eigenvalue weighted by Gasteiger charge is 2.69. The molecule has 12 N–H and O–H groups in total. The van der Waals surface area contributed by atoms with Crippen LogP contribution in [0.1, 0.15) is 91.9 Å². The van der Waals surface area contributed by atoms with Gasteiger partial charge in [-0.2, -0.15) is 0 Å². The van der Waals surface area contributed by atoms with Crippen molar-refractivity contribution in [2.24, 2.45) is 52.3 Å². The number of hydrogen-bond donors (Lipinski definition) is 12. The zero-order chi connectivity index (χ0) is 51.3. The summed E-state index contributed by atoms with van der Waals surface area (Å²) < 4.78 is 61.3. The number of aliphatic hydroxyl groups excluding tert-OH is 12. The summed E-state index contributed by atoms with van der Waals surface area (Å²) in [6.45, 7) is 7.65. The van der Waals surface area contributed by atoms with Crippen LogP contribution in [-0.2, 0) is 47.4 Å². The molecule has 0 bridgehead atoms. The molecule has 6 heterocycles. The van der Waals surface area contributed by atoms with E-state index in [-0.39, 0.29) is 23.0 Å². The summed E-state index contributed by atoms with van der Waals surface area (Å²) in [4.78, 5) is 0. The SMILES string of the molecule is CC1CCC2(OC1)OC1CC3C4CCC5CC(OC6OC(COC7OC(CO)C(O)C(OC8OCC(O)C(O)C8O)C7OC7OC(CO)C(O)C(O)C7O)C(O)C(O)C6O)CCC5(C)C4CCC3(C)C1C2C. The molecular weight excluding hydrogens is 953 g/mol. The van der Waals surface area contributed by atoms with Gasteiger partial charge in [-0.25, -0.2) is 0 Å². The van der Waals surface area contributed by atoms with Gasteiger partial charge < -0.3 is 109 Å². The van der Waals surface area contributed by atoms with Crippen molar-refractivity contribution in [2.45, 2.75) is 227 Å². The minimum atomic E-state index is -1.96. The fraction of sp³-hybridized carbons (Fsp3) is 1.00. The quantitative estimate of drug-likeness (QED) is 0.0971. The third-order valence-corrected chi connectivity index (χ3v) is 20.0. The lowest BCUT2D eigenvalue weighted by Crippen LogP contribution is -2.67. The van der Waals surface area contributed by atoms with Crippen LogP contribution in [0.15, 0.2) is 0 Å². The first-order valence-corrected chi connectivity index (χ1v) is 26.7. The Balaban J connectivity index is 0.803. The van der Waals surface area contributed by atoms with Gasteiger partial charge in [-0.1, -0.05) is 27.7 Å². The molecule has 6 saturated heterocycles. The normalized spacial score (nSPS) is 57.8. The van der Waals surface area contributed by atoms with Gasteiger partial charge >= 0.3 is 0 Å². The van der Waals surface area contributed by atoms with Gasteiger partial charge in [-0.15, -0.1) is 0 Å². The first-order valence-electron chi connectivity index (χ1n) is 26.7.